The molecule has 4 rings (SSSR count). The van der Waals surface area contributed by atoms with Crippen LogP contribution in [0.5, 0.6) is 0 Å². The summed E-state index contributed by atoms with van der Waals surface area (Å²) < 4.78 is 32.2. The summed E-state index contributed by atoms with van der Waals surface area (Å²) in [4.78, 5) is 0.187. The van der Waals surface area contributed by atoms with Crippen LogP contribution in [0.1, 0.15) is 19.3 Å². The molecule has 2 saturated heterocycles. The zero-order valence-corrected chi connectivity index (χ0v) is 13.0. The number of hydrogen-bond donors (Lipinski definition) is 1. The normalized spacial score (nSPS) is 26.9. The van der Waals surface area contributed by atoms with Gasteiger partial charge in [-0.15, -0.1) is 0 Å². The second-order valence-corrected chi connectivity index (χ2v) is 8.16. The van der Waals surface area contributed by atoms with E-state index in [1.54, 1.807) is 22.5 Å². The van der Waals surface area contributed by atoms with Gasteiger partial charge in [0.05, 0.1) is 0 Å². The highest BCUT2D eigenvalue weighted by molar-refractivity contribution is 7.89. The highest BCUT2D eigenvalue weighted by atomic mass is 32.2. The number of piperidine rings is 1. The molecule has 1 N–H and O–H groups in total. The van der Waals surface area contributed by atoms with Gasteiger partial charge in [-0.1, -0.05) is 6.07 Å². The smallest absolute Gasteiger partial charge is 0.245 e. The maximum Gasteiger partial charge on any atom is 0.245 e. The Kier molecular flexibility index (Phi) is 3.21. The lowest BCUT2D eigenvalue weighted by Crippen LogP contribution is -2.42. The van der Waals surface area contributed by atoms with Gasteiger partial charge in [-0.3, -0.25) is 0 Å². The van der Waals surface area contributed by atoms with Crippen molar-refractivity contribution >= 4 is 21.1 Å². The van der Waals surface area contributed by atoms with E-state index in [0.717, 1.165) is 32.4 Å². The molecule has 22 heavy (non-hydrogen) atoms. The lowest BCUT2D eigenvalue weighted by Gasteiger charge is -2.33. The minimum absolute atomic E-state index is 0.0846. The van der Waals surface area contributed by atoms with Crippen molar-refractivity contribution in [2.45, 2.75) is 24.2 Å². The van der Waals surface area contributed by atoms with E-state index in [9.17, 15) is 8.42 Å². The summed E-state index contributed by atoms with van der Waals surface area (Å²) in [7, 11) is -3.57. The van der Waals surface area contributed by atoms with Gasteiger partial charge in [-0.05, 0) is 53.7 Å². The van der Waals surface area contributed by atoms with Gasteiger partial charge >= 0.3 is 0 Å². The second kappa shape index (κ2) is 5.00. The van der Waals surface area contributed by atoms with Crippen LogP contribution in [0.2, 0.25) is 0 Å². The van der Waals surface area contributed by atoms with Crippen molar-refractivity contribution in [3.8, 4) is 0 Å². The molecule has 7 nitrogen and oxygen atoms in total. The summed E-state index contributed by atoms with van der Waals surface area (Å²) in [5, 5.41) is 10.9. The van der Waals surface area contributed by atoms with Crippen LogP contribution in [-0.4, -0.2) is 49.2 Å². The molecule has 1 atom stereocenters. The van der Waals surface area contributed by atoms with Gasteiger partial charge in [0.2, 0.25) is 10.0 Å². The van der Waals surface area contributed by atoms with Crippen molar-refractivity contribution in [3.63, 3.8) is 0 Å². The van der Waals surface area contributed by atoms with Crippen LogP contribution in [0.25, 0.3) is 11.0 Å². The van der Waals surface area contributed by atoms with Crippen LogP contribution in [0.4, 0.5) is 0 Å². The third-order valence-electron chi connectivity index (χ3n) is 4.83. The van der Waals surface area contributed by atoms with Gasteiger partial charge in [0.25, 0.3) is 0 Å². The predicted octanol–water partition coefficient (Wildman–Crippen LogP) is 0.987. The first-order valence-corrected chi connectivity index (χ1v) is 8.97. The Labute approximate surface area is 128 Å². The lowest BCUT2D eigenvalue weighted by atomic mass is 9.80. The van der Waals surface area contributed by atoms with Gasteiger partial charge < -0.3 is 5.32 Å². The van der Waals surface area contributed by atoms with E-state index in [1.807, 2.05) is 0 Å². The van der Waals surface area contributed by atoms with E-state index in [0.29, 0.717) is 24.1 Å². The number of nitrogens with zero attached hydrogens (tertiary/aromatic N) is 3. The first kappa shape index (κ1) is 14.1. The third-order valence-corrected chi connectivity index (χ3v) is 6.71. The van der Waals surface area contributed by atoms with Crippen molar-refractivity contribution in [1.82, 2.24) is 19.9 Å². The monoisotopic (exact) mass is 322 g/mol. The van der Waals surface area contributed by atoms with E-state index < -0.39 is 10.0 Å². The lowest BCUT2D eigenvalue weighted by molar-refractivity contribution is 0.225. The number of sulfonamides is 1. The summed E-state index contributed by atoms with van der Waals surface area (Å²) in [6, 6.07) is 4.95. The fourth-order valence-corrected chi connectivity index (χ4v) is 5.30. The van der Waals surface area contributed by atoms with Crippen molar-refractivity contribution in [1.29, 1.82) is 0 Å². The van der Waals surface area contributed by atoms with Crippen molar-refractivity contribution in [3.05, 3.63) is 18.2 Å². The molecule has 3 heterocycles. The minimum Gasteiger partial charge on any atom is -0.316 e. The van der Waals surface area contributed by atoms with E-state index >= 15 is 0 Å². The third kappa shape index (κ3) is 2.13. The van der Waals surface area contributed by atoms with E-state index in [-0.39, 0.29) is 10.3 Å². The Balaban J connectivity index is 1.68. The molecular formula is C14H18N4O3S. The molecular weight excluding hydrogens is 304 g/mol. The molecule has 0 amide bonds. The maximum absolute atomic E-state index is 13.0. The van der Waals surface area contributed by atoms with Crippen LogP contribution in [0.3, 0.4) is 0 Å². The summed E-state index contributed by atoms with van der Waals surface area (Å²) in [6.07, 6.45) is 3.10. The standard InChI is InChI=1S/C14H18N4O3S/c19-22(20,12-4-1-3-11-13(12)17-21-16-11)18-8-6-14(10-18)5-2-7-15-9-14/h1,3-4,15H,2,5-10H2/t14-/m0/s1. The molecule has 0 radical (unpaired) electrons. The molecule has 2 fully saturated rings. The minimum atomic E-state index is -3.57. The topological polar surface area (TPSA) is 88.3 Å². The zero-order chi connectivity index (χ0) is 15.2. The number of benzene rings is 1. The second-order valence-electron chi connectivity index (χ2n) is 6.26. The summed E-state index contributed by atoms with van der Waals surface area (Å²) in [5.41, 5.74) is 0.862. The molecule has 0 unspecified atom stereocenters. The Hall–Kier alpha value is -1.51. The molecule has 8 heteroatoms. The fraction of sp³-hybridized carbons (Fsp3) is 0.571. The first-order valence-electron chi connectivity index (χ1n) is 7.53. The zero-order valence-electron chi connectivity index (χ0n) is 12.2. The Bertz CT molecular complexity index is 795. The van der Waals surface area contributed by atoms with Crippen molar-refractivity contribution in [2.24, 2.45) is 5.41 Å². The van der Waals surface area contributed by atoms with Crippen molar-refractivity contribution in [2.75, 3.05) is 26.2 Å². The van der Waals surface area contributed by atoms with Crippen LogP contribution >= 0.6 is 0 Å². The average molecular weight is 322 g/mol. The van der Waals surface area contributed by atoms with Gasteiger partial charge in [-0.2, -0.15) is 4.31 Å². The van der Waals surface area contributed by atoms with Gasteiger partial charge in [-0.25, -0.2) is 13.0 Å². The molecule has 1 aromatic heterocycles. The number of aromatic nitrogens is 2. The molecule has 2 aromatic rings. The number of rotatable bonds is 2. The van der Waals surface area contributed by atoms with Crippen LogP contribution in [0.15, 0.2) is 27.7 Å². The highest BCUT2D eigenvalue weighted by Gasteiger charge is 2.44. The van der Waals surface area contributed by atoms with E-state index in [2.05, 4.69) is 20.3 Å². The highest BCUT2D eigenvalue weighted by Crippen LogP contribution is 2.39. The van der Waals surface area contributed by atoms with Gasteiger partial charge in [0.15, 0.2) is 5.52 Å². The Morgan fingerprint density at radius 3 is 3.00 bits per heavy atom. The molecule has 0 bridgehead atoms. The molecule has 0 saturated carbocycles. The van der Waals surface area contributed by atoms with Crippen LogP contribution in [-0.2, 0) is 10.0 Å². The largest absolute Gasteiger partial charge is 0.316 e. The first-order chi connectivity index (χ1) is 10.6. The summed E-state index contributed by atoms with van der Waals surface area (Å²) in [5.74, 6) is 0. The molecule has 2 aliphatic rings. The fourth-order valence-electron chi connectivity index (χ4n) is 3.61. The predicted molar refractivity (Wildman–Crippen MR) is 79.7 cm³/mol. The molecule has 118 valence electrons. The Morgan fingerprint density at radius 1 is 1.27 bits per heavy atom. The van der Waals surface area contributed by atoms with E-state index in [4.69, 9.17) is 0 Å². The summed E-state index contributed by atoms with van der Waals surface area (Å²) in [6.45, 7) is 3.06. The number of fused-ring (bicyclic) bond motifs is 1. The Morgan fingerprint density at radius 2 is 2.18 bits per heavy atom. The quantitative estimate of drug-likeness (QED) is 0.887. The van der Waals surface area contributed by atoms with Crippen LogP contribution in [0, 0.1) is 5.41 Å². The molecule has 2 aliphatic heterocycles. The SMILES string of the molecule is O=S(=O)(c1cccc2nonc12)N1CC[C@]2(CCCNC2)C1. The van der Waals surface area contributed by atoms with Crippen molar-refractivity contribution < 1.29 is 13.0 Å². The number of nitrogens with one attached hydrogen (secondary N) is 1. The summed E-state index contributed by atoms with van der Waals surface area (Å²) >= 11 is 0. The number of hydrogen-bond acceptors (Lipinski definition) is 6. The average Bonchev–Trinajstić information content (AvgIpc) is 3.15. The maximum atomic E-state index is 13.0. The molecule has 1 aromatic carbocycles. The van der Waals surface area contributed by atoms with Gasteiger partial charge in [0, 0.05) is 19.6 Å². The molecule has 0 aliphatic carbocycles. The van der Waals surface area contributed by atoms with E-state index in [1.165, 1.54) is 0 Å². The van der Waals surface area contributed by atoms with Crippen LogP contribution < -0.4 is 5.32 Å². The molecule has 1 spiro atoms. The van der Waals surface area contributed by atoms with Gasteiger partial charge in [0.1, 0.15) is 10.4 Å².